The third-order valence-corrected chi connectivity index (χ3v) is 8.85. The van der Waals surface area contributed by atoms with Gasteiger partial charge in [0.2, 0.25) is 11.8 Å². The molecule has 2 heterocycles. The molecule has 13 heteroatoms. The van der Waals surface area contributed by atoms with Crippen LogP contribution in [0.15, 0.2) is 36.4 Å². The lowest BCUT2D eigenvalue weighted by atomic mass is 9.76. The van der Waals surface area contributed by atoms with E-state index in [4.69, 9.17) is 11.5 Å². The number of primary amides is 1. The summed E-state index contributed by atoms with van der Waals surface area (Å²) in [7, 11) is 0. The Morgan fingerprint density at radius 3 is 2.12 bits per heavy atom. The van der Waals surface area contributed by atoms with Gasteiger partial charge in [-0.3, -0.25) is 9.59 Å². The van der Waals surface area contributed by atoms with E-state index in [2.05, 4.69) is 5.32 Å². The minimum atomic E-state index is -5.06. The van der Waals surface area contributed by atoms with Crippen LogP contribution in [-0.4, -0.2) is 40.4 Å². The highest BCUT2D eigenvalue weighted by atomic mass is 19.4. The lowest BCUT2D eigenvalue weighted by Crippen LogP contribution is -2.61. The second-order valence-corrected chi connectivity index (χ2v) is 11.7. The van der Waals surface area contributed by atoms with Gasteiger partial charge in [-0.2, -0.15) is 26.3 Å². The second kappa shape index (κ2) is 10.8. The van der Waals surface area contributed by atoms with Gasteiger partial charge in [0.15, 0.2) is 0 Å². The fourth-order valence-corrected chi connectivity index (χ4v) is 6.18. The van der Waals surface area contributed by atoms with Crippen LogP contribution in [-0.2, 0) is 21.9 Å². The maximum absolute atomic E-state index is 14.1. The van der Waals surface area contributed by atoms with Gasteiger partial charge in [0.1, 0.15) is 5.82 Å². The second-order valence-electron chi connectivity index (χ2n) is 11.7. The molecular formula is C29H33F7N4O2. The van der Waals surface area contributed by atoms with Gasteiger partial charge in [-0.15, -0.1) is 0 Å². The quantitative estimate of drug-likeness (QED) is 0.403. The molecule has 2 amide bonds. The van der Waals surface area contributed by atoms with Crippen molar-refractivity contribution in [2.45, 2.75) is 87.9 Å². The van der Waals surface area contributed by atoms with Crippen LogP contribution < -0.4 is 16.8 Å². The molecule has 42 heavy (non-hydrogen) atoms. The first-order valence-electron chi connectivity index (χ1n) is 13.5. The van der Waals surface area contributed by atoms with E-state index in [0.29, 0.717) is 48.9 Å². The summed E-state index contributed by atoms with van der Waals surface area (Å²) in [6.07, 6.45) is -8.35. The van der Waals surface area contributed by atoms with Crippen LogP contribution in [0.4, 0.5) is 30.7 Å². The molecule has 0 bridgehead atoms. The largest absolute Gasteiger partial charge is 0.416 e. The van der Waals surface area contributed by atoms with Gasteiger partial charge in [-0.1, -0.05) is 13.0 Å². The van der Waals surface area contributed by atoms with Crippen molar-refractivity contribution in [3.05, 3.63) is 70.0 Å². The van der Waals surface area contributed by atoms with Crippen molar-refractivity contribution in [2.24, 2.45) is 11.5 Å². The van der Waals surface area contributed by atoms with Crippen molar-refractivity contribution in [3.63, 3.8) is 0 Å². The van der Waals surface area contributed by atoms with Crippen molar-refractivity contribution in [1.82, 2.24) is 10.2 Å². The van der Waals surface area contributed by atoms with Crippen molar-refractivity contribution in [1.29, 1.82) is 0 Å². The van der Waals surface area contributed by atoms with Gasteiger partial charge in [-0.25, -0.2) is 4.39 Å². The Bertz CT molecular complexity index is 1340. The number of carbonyl (C=O) groups is 2. The van der Waals surface area contributed by atoms with Crippen LogP contribution in [0, 0.1) is 12.7 Å². The molecule has 230 valence electrons. The predicted octanol–water partition coefficient (Wildman–Crippen LogP) is 5.33. The first-order chi connectivity index (χ1) is 19.2. The molecule has 0 radical (unpaired) electrons. The lowest BCUT2D eigenvalue weighted by molar-refractivity contribution is -0.143. The molecule has 1 spiro atoms. The van der Waals surface area contributed by atoms with Crippen molar-refractivity contribution in [3.8, 4) is 0 Å². The van der Waals surface area contributed by atoms with Crippen LogP contribution in [0.3, 0.4) is 0 Å². The first-order valence-corrected chi connectivity index (χ1v) is 13.5. The molecule has 6 nitrogen and oxygen atoms in total. The van der Waals surface area contributed by atoms with E-state index < -0.39 is 70.2 Å². The highest BCUT2D eigenvalue weighted by Crippen LogP contribution is 2.45. The average Bonchev–Trinajstić information content (AvgIpc) is 3.30. The Kier molecular flexibility index (Phi) is 8.18. The van der Waals surface area contributed by atoms with Gasteiger partial charge in [0.25, 0.3) is 0 Å². The van der Waals surface area contributed by atoms with Gasteiger partial charge < -0.3 is 21.7 Å². The number of nitrogens with one attached hydrogen (secondary N) is 1. The number of hydrogen-bond donors (Lipinski definition) is 3. The summed E-state index contributed by atoms with van der Waals surface area (Å²) in [4.78, 5) is 27.4. The van der Waals surface area contributed by atoms with E-state index in [9.17, 15) is 40.3 Å². The Hall–Kier alpha value is -3.19. The van der Waals surface area contributed by atoms with E-state index in [-0.39, 0.29) is 18.2 Å². The fourth-order valence-electron chi connectivity index (χ4n) is 6.18. The van der Waals surface area contributed by atoms with Gasteiger partial charge in [0, 0.05) is 18.0 Å². The zero-order valence-corrected chi connectivity index (χ0v) is 23.3. The van der Waals surface area contributed by atoms with Crippen LogP contribution in [0.1, 0.15) is 79.3 Å². The molecule has 4 rings (SSSR count). The Morgan fingerprint density at radius 2 is 1.62 bits per heavy atom. The summed E-state index contributed by atoms with van der Waals surface area (Å²) in [6, 6.07) is 4.03. The highest BCUT2D eigenvalue weighted by Gasteiger charge is 2.50. The maximum atomic E-state index is 14.1. The molecule has 2 aromatic rings. The zero-order chi connectivity index (χ0) is 31.4. The Morgan fingerprint density at radius 1 is 1.02 bits per heavy atom. The fraction of sp³-hybridized carbons (Fsp3) is 0.517. The Balaban J connectivity index is 1.73. The van der Waals surface area contributed by atoms with Crippen LogP contribution >= 0.6 is 0 Å². The topological polar surface area (TPSA) is 101 Å². The van der Waals surface area contributed by atoms with E-state index in [0.717, 1.165) is 0 Å². The molecule has 5 atom stereocenters. The van der Waals surface area contributed by atoms with E-state index in [1.165, 1.54) is 36.9 Å². The highest BCUT2D eigenvalue weighted by molar-refractivity contribution is 5.87. The summed E-state index contributed by atoms with van der Waals surface area (Å²) < 4.78 is 95.2. The van der Waals surface area contributed by atoms with Crippen molar-refractivity contribution < 1.29 is 40.3 Å². The number of amides is 2. The first kappa shape index (κ1) is 31.7. The molecule has 0 aliphatic carbocycles. The SMILES string of the molecule is Cc1cc(F)ccc1[C@H]1C[C@]2(CC[C@H](C(N)=O)N2)CCN1C(=O)C(C)(N)[C@@H](C)c1cc(C(F)(F)F)cc(C(F)(F)F)c1. The molecule has 0 saturated carbocycles. The molecule has 2 aromatic carbocycles. The van der Waals surface area contributed by atoms with Crippen LogP contribution in [0.25, 0.3) is 0 Å². The molecule has 2 saturated heterocycles. The summed E-state index contributed by atoms with van der Waals surface area (Å²) in [6.45, 7) is 4.38. The zero-order valence-electron chi connectivity index (χ0n) is 23.3. The van der Waals surface area contributed by atoms with Crippen molar-refractivity contribution >= 4 is 11.8 Å². The Labute approximate surface area is 238 Å². The summed E-state index contributed by atoms with van der Waals surface area (Å²) in [5, 5.41) is 3.29. The molecule has 2 aliphatic rings. The molecule has 1 unspecified atom stereocenters. The minimum Gasteiger partial charge on any atom is -0.368 e. The number of halogens is 7. The number of alkyl halides is 6. The lowest BCUT2D eigenvalue weighted by Gasteiger charge is -2.48. The molecule has 2 fully saturated rings. The normalized spacial score (nSPS) is 25.4. The number of nitrogens with zero attached hydrogens (tertiary/aromatic N) is 1. The summed E-state index contributed by atoms with van der Waals surface area (Å²) in [5.74, 6) is -2.95. The minimum absolute atomic E-state index is 0.0251. The monoisotopic (exact) mass is 602 g/mol. The van der Waals surface area contributed by atoms with Gasteiger partial charge >= 0.3 is 12.4 Å². The molecular weight excluding hydrogens is 569 g/mol. The number of piperidine rings is 1. The number of carbonyl (C=O) groups excluding carboxylic acids is 2. The molecule has 0 aromatic heterocycles. The molecule has 5 N–H and O–H groups in total. The summed E-state index contributed by atoms with van der Waals surface area (Å²) >= 11 is 0. The summed E-state index contributed by atoms with van der Waals surface area (Å²) in [5.41, 5.74) is 7.27. The van der Waals surface area contributed by atoms with Crippen LogP contribution in [0.5, 0.6) is 0 Å². The third-order valence-electron chi connectivity index (χ3n) is 8.85. The number of likely N-dealkylation sites (tertiary alicyclic amines) is 1. The number of nitrogens with two attached hydrogens (primary N) is 2. The number of rotatable bonds is 5. The van der Waals surface area contributed by atoms with E-state index in [1.54, 1.807) is 6.92 Å². The standard InChI is InChI=1S/C29H33F7N4O2/c1-15-10-20(30)4-5-21(15)23-14-27(7-6-22(39-27)24(37)41)8-9-40(23)25(42)26(3,38)16(2)17-11-18(28(31,32)33)13-19(12-17)29(34,35)36/h4-5,10-13,16,22-23,39H,6-9,14,38H2,1-3H3,(H2,37,41)/t16-,22+,23+,26?,27-/m0/s1. The number of hydrogen-bond acceptors (Lipinski definition) is 4. The predicted molar refractivity (Wildman–Crippen MR) is 140 cm³/mol. The number of benzene rings is 2. The smallest absolute Gasteiger partial charge is 0.368 e. The average molecular weight is 603 g/mol. The third kappa shape index (κ3) is 6.12. The molecule has 2 aliphatic heterocycles. The van der Waals surface area contributed by atoms with Gasteiger partial charge in [-0.05, 0) is 86.6 Å². The van der Waals surface area contributed by atoms with Crippen LogP contribution in [0.2, 0.25) is 0 Å². The van der Waals surface area contributed by atoms with E-state index >= 15 is 0 Å². The maximum Gasteiger partial charge on any atom is 0.416 e. The number of aryl methyl sites for hydroxylation is 1. The van der Waals surface area contributed by atoms with Crippen molar-refractivity contribution in [2.75, 3.05) is 6.54 Å². The van der Waals surface area contributed by atoms with Gasteiger partial charge in [0.05, 0.1) is 28.7 Å². The van der Waals surface area contributed by atoms with E-state index in [1.807, 2.05) is 0 Å².